The summed E-state index contributed by atoms with van der Waals surface area (Å²) in [5.41, 5.74) is 1.17. The van der Waals surface area contributed by atoms with Gasteiger partial charge in [-0.2, -0.15) is 0 Å². The quantitative estimate of drug-likeness (QED) is 0.255. The Morgan fingerprint density at radius 1 is 0.786 bits per heavy atom. The van der Waals surface area contributed by atoms with Crippen molar-refractivity contribution in [3.63, 3.8) is 0 Å². The number of hydrogen-bond donors (Lipinski definition) is 0. The van der Waals surface area contributed by atoms with Crippen molar-refractivity contribution in [1.29, 1.82) is 0 Å². The molecule has 0 aliphatic heterocycles. The molecule has 170 valence electrons. The summed E-state index contributed by atoms with van der Waals surface area (Å²) in [7, 11) is 0. The molecule has 0 spiro atoms. The van der Waals surface area contributed by atoms with Crippen LogP contribution in [0.5, 0.6) is 0 Å². The average Bonchev–Trinajstić information content (AvgIpc) is 2.65. The molecule has 0 aromatic carbocycles. The lowest BCUT2D eigenvalue weighted by Crippen LogP contribution is -2.16. The normalized spacial score (nSPS) is 17.7. The van der Waals surface area contributed by atoms with Crippen molar-refractivity contribution in [2.24, 2.45) is 11.8 Å². The highest BCUT2D eigenvalue weighted by molar-refractivity contribution is 4.78. The van der Waals surface area contributed by atoms with Crippen LogP contribution in [0.15, 0.2) is 24.8 Å². The molecule has 0 aromatic rings. The molecule has 1 rings (SSSR count). The van der Waals surface area contributed by atoms with Gasteiger partial charge in [-0.1, -0.05) is 136 Å². The summed E-state index contributed by atoms with van der Waals surface area (Å²) in [6.07, 6.45) is 23.5. The van der Waals surface area contributed by atoms with Gasteiger partial charge in [0.25, 0.3) is 0 Å². The summed E-state index contributed by atoms with van der Waals surface area (Å²) in [6, 6.07) is 0. The Balaban J connectivity index is -0.000000338. The van der Waals surface area contributed by atoms with Crippen molar-refractivity contribution in [3.05, 3.63) is 24.8 Å². The molecule has 1 fully saturated rings. The van der Waals surface area contributed by atoms with E-state index in [1.807, 2.05) is 20.8 Å². The van der Waals surface area contributed by atoms with E-state index in [2.05, 4.69) is 40.9 Å². The van der Waals surface area contributed by atoms with Crippen LogP contribution < -0.4 is 0 Å². The van der Waals surface area contributed by atoms with Crippen molar-refractivity contribution in [3.8, 4) is 0 Å². The number of allylic oxidation sites excluding steroid dienone is 2. The molecule has 2 atom stereocenters. The first-order valence-corrected chi connectivity index (χ1v) is 12.6. The van der Waals surface area contributed by atoms with Crippen molar-refractivity contribution in [2.45, 2.75) is 145 Å². The van der Waals surface area contributed by atoms with Gasteiger partial charge in [0.2, 0.25) is 0 Å². The Bertz CT molecular complexity index is 276. The molecule has 1 saturated carbocycles. The highest BCUT2D eigenvalue weighted by Crippen LogP contribution is 2.32. The molecule has 0 heterocycles. The standard InChI is InChI=1S/C11H22.C10H22.C4H8.C3H6/c1-3-4-8-11-9-6-5-7-10(11)2;1-3-5-7-9-10-8-6-4-2;1-4(2)3;1-3-2/h10-11H,3-9H2,1-2H3;3-10H2,1-2H3;1H2,2-3H3;3H,1H2,2H3. The Hall–Kier alpha value is -0.520. The summed E-state index contributed by atoms with van der Waals surface area (Å²) in [4.78, 5) is 0. The Morgan fingerprint density at radius 3 is 1.50 bits per heavy atom. The lowest BCUT2D eigenvalue weighted by atomic mass is 9.78. The fourth-order valence-electron chi connectivity index (χ4n) is 3.50. The molecule has 0 heteroatoms. The molecule has 0 bridgehead atoms. The molecule has 0 nitrogen and oxygen atoms in total. The van der Waals surface area contributed by atoms with Crippen LogP contribution in [0.2, 0.25) is 0 Å². The largest absolute Gasteiger partial charge is 0.103 e. The van der Waals surface area contributed by atoms with E-state index in [1.54, 1.807) is 6.08 Å². The van der Waals surface area contributed by atoms with E-state index < -0.39 is 0 Å². The highest BCUT2D eigenvalue weighted by Gasteiger charge is 2.19. The molecular formula is C28H58. The van der Waals surface area contributed by atoms with Gasteiger partial charge in [-0.3, -0.25) is 0 Å². The zero-order valence-electron chi connectivity index (χ0n) is 21.3. The van der Waals surface area contributed by atoms with Gasteiger partial charge in [-0.15, -0.1) is 13.2 Å². The molecule has 2 unspecified atom stereocenters. The summed E-state index contributed by atoms with van der Waals surface area (Å²) in [5, 5.41) is 0. The van der Waals surface area contributed by atoms with Crippen LogP contribution in [0.1, 0.15) is 145 Å². The van der Waals surface area contributed by atoms with Crippen LogP contribution in [0.25, 0.3) is 0 Å². The van der Waals surface area contributed by atoms with Crippen LogP contribution in [0.4, 0.5) is 0 Å². The second-order valence-corrected chi connectivity index (χ2v) is 8.90. The van der Waals surface area contributed by atoms with E-state index in [0.29, 0.717) is 0 Å². The summed E-state index contributed by atoms with van der Waals surface area (Å²) < 4.78 is 0. The summed E-state index contributed by atoms with van der Waals surface area (Å²) in [5.74, 6) is 2.10. The maximum Gasteiger partial charge on any atom is -0.0388 e. The third kappa shape index (κ3) is 33.1. The van der Waals surface area contributed by atoms with Crippen molar-refractivity contribution < 1.29 is 0 Å². The zero-order valence-corrected chi connectivity index (χ0v) is 21.3. The second-order valence-electron chi connectivity index (χ2n) is 8.90. The molecule has 0 aromatic heterocycles. The average molecular weight is 395 g/mol. The van der Waals surface area contributed by atoms with Gasteiger partial charge in [0, 0.05) is 0 Å². The third-order valence-corrected chi connectivity index (χ3v) is 5.17. The minimum atomic E-state index is 1.02. The molecule has 1 aliphatic rings. The fourth-order valence-corrected chi connectivity index (χ4v) is 3.50. The minimum Gasteiger partial charge on any atom is -0.103 e. The summed E-state index contributed by atoms with van der Waals surface area (Å²) >= 11 is 0. The molecular weight excluding hydrogens is 336 g/mol. The predicted octanol–water partition coefficient (Wildman–Crippen LogP) is 10.9. The molecule has 0 amide bonds. The van der Waals surface area contributed by atoms with Gasteiger partial charge in [-0.05, 0) is 32.6 Å². The lowest BCUT2D eigenvalue weighted by Gasteiger charge is -2.28. The van der Waals surface area contributed by atoms with E-state index in [-0.39, 0.29) is 0 Å². The molecule has 0 saturated heterocycles. The van der Waals surface area contributed by atoms with E-state index in [9.17, 15) is 0 Å². The van der Waals surface area contributed by atoms with Gasteiger partial charge >= 0.3 is 0 Å². The van der Waals surface area contributed by atoms with Crippen molar-refractivity contribution in [2.75, 3.05) is 0 Å². The van der Waals surface area contributed by atoms with E-state index in [0.717, 1.165) is 11.8 Å². The lowest BCUT2D eigenvalue weighted by molar-refractivity contribution is 0.237. The fraction of sp³-hybridized carbons (Fsp3) is 0.857. The van der Waals surface area contributed by atoms with Gasteiger partial charge in [0.05, 0.1) is 0 Å². The highest BCUT2D eigenvalue weighted by atomic mass is 14.3. The maximum atomic E-state index is 3.56. The zero-order chi connectivity index (χ0) is 22.0. The van der Waals surface area contributed by atoms with E-state index in [4.69, 9.17) is 0 Å². The van der Waals surface area contributed by atoms with Gasteiger partial charge in [0.1, 0.15) is 0 Å². The predicted molar refractivity (Wildman–Crippen MR) is 135 cm³/mol. The van der Waals surface area contributed by atoms with Gasteiger partial charge in [0.15, 0.2) is 0 Å². The van der Waals surface area contributed by atoms with Crippen LogP contribution in [0, 0.1) is 11.8 Å². The van der Waals surface area contributed by atoms with Crippen LogP contribution in [-0.4, -0.2) is 0 Å². The maximum absolute atomic E-state index is 3.56. The Kier molecular flexibility index (Phi) is 32.9. The summed E-state index contributed by atoms with van der Waals surface area (Å²) in [6.45, 7) is 22.0. The van der Waals surface area contributed by atoms with Crippen molar-refractivity contribution in [1.82, 2.24) is 0 Å². The molecule has 0 radical (unpaired) electrons. The van der Waals surface area contributed by atoms with Crippen LogP contribution in [0.3, 0.4) is 0 Å². The smallest absolute Gasteiger partial charge is 0.0388 e. The molecule has 0 N–H and O–H groups in total. The van der Waals surface area contributed by atoms with Crippen molar-refractivity contribution >= 4 is 0 Å². The van der Waals surface area contributed by atoms with E-state index in [1.165, 1.54) is 102 Å². The number of hydrogen-bond acceptors (Lipinski definition) is 0. The first-order chi connectivity index (χ1) is 13.4. The number of rotatable bonds is 10. The number of unbranched alkanes of at least 4 members (excludes halogenated alkanes) is 8. The van der Waals surface area contributed by atoms with Gasteiger partial charge < -0.3 is 0 Å². The van der Waals surface area contributed by atoms with Crippen LogP contribution >= 0.6 is 0 Å². The Labute approximate surface area is 181 Å². The minimum absolute atomic E-state index is 1.02. The first kappa shape index (κ1) is 32.2. The Morgan fingerprint density at radius 2 is 1.14 bits per heavy atom. The SMILES string of the molecule is C=C(C)C.C=CC.CCCCC1CCCCC1C.CCCCCCCCCC. The third-order valence-electron chi connectivity index (χ3n) is 5.17. The van der Waals surface area contributed by atoms with Gasteiger partial charge in [-0.25, -0.2) is 0 Å². The second kappa shape index (κ2) is 28.7. The molecule has 28 heavy (non-hydrogen) atoms. The first-order valence-electron chi connectivity index (χ1n) is 12.6. The van der Waals surface area contributed by atoms with Crippen LogP contribution in [-0.2, 0) is 0 Å². The van der Waals surface area contributed by atoms with E-state index >= 15 is 0 Å². The molecule has 1 aliphatic carbocycles. The topological polar surface area (TPSA) is 0 Å². The monoisotopic (exact) mass is 394 g/mol.